The number of rotatable bonds is 6. The smallest absolute Gasteiger partial charge is 0.360 e. The van der Waals surface area contributed by atoms with Gasteiger partial charge in [-0.1, -0.05) is 71.7 Å². The van der Waals surface area contributed by atoms with Crippen LogP contribution >= 0.6 is 23.2 Å². The number of halogens is 2. The fourth-order valence-electron chi connectivity index (χ4n) is 3.50. The molecule has 0 aliphatic heterocycles. The number of benzene rings is 3. The highest BCUT2D eigenvalue weighted by Crippen LogP contribution is 2.26. The summed E-state index contributed by atoms with van der Waals surface area (Å²) in [6, 6.07) is 19.8. The van der Waals surface area contributed by atoms with Crippen LogP contribution in [0.2, 0.25) is 10.0 Å². The Labute approximate surface area is 204 Å². The number of carbonyl (C=O) groups excluding carboxylic acids is 2. The summed E-state index contributed by atoms with van der Waals surface area (Å²) >= 11 is 12.1. The van der Waals surface area contributed by atoms with E-state index in [1.807, 2.05) is 0 Å². The predicted molar refractivity (Wildman–Crippen MR) is 131 cm³/mol. The van der Waals surface area contributed by atoms with Gasteiger partial charge in [0, 0.05) is 33.2 Å². The van der Waals surface area contributed by atoms with Crippen LogP contribution in [0.25, 0.3) is 10.8 Å². The minimum atomic E-state index is -1.30. The molecule has 0 radical (unpaired) electrons. The number of amides is 1. The second kappa shape index (κ2) is 10.1. The van der Waals surface area contributed by atoms with E-state index in [2.05, 4.69) is 10.4 Å². The molecule has 3 aromatic carbocycles. The van der Waals surface area contributed by atoms with E-state index in [0.717, 1.165) is 0 Å². The lowest BCUT2D eigenvalue weighted by Gasteiger charge is -2.19. The molecule has 0 spiro atoms. The summed E-state index contributed by atoms with van der Waals surface area (Å²) < 4.78 is 6.85. The van der Waals surface area contributed by atoms with E-state index in [1.165, 1.54) is 22.9 Å². The van der Waals surface area contributed by atoms with Crippen molar-refractivity contribution in [1.29, 1.82) is 0 Å². The van der Waals surface area contributed by atoms with E-state index >= 15 is 0 Å². The van der Waals surface area contributed by atoms with Gasteiger partial charge in [-0.15, -0.1) is 0 Å². The molecule has 172 valence electrons. The topological polar surface area (TPSA) is 90.3 Å². The Balaban J connectivity index is 1.72. The lowest BCUT2D eigenvalue weighted by Crippen LogP contribution is -2.29. The Morgan fingerprint density at radius 3 is 2.24 bits per heavy atom. The molecule has 4 rings (SSSR count). The molecular formula is C25H19Cl2N3O4. The van der Waals surface area contributed by atoms with Crippen LogP contribution in [0.3, 0.4) is 0 Å². The van der Waals surface area contributed by atoms with Crippen molar-refractivity contribution < 1.29 is 14.3 Å². The third kappa shape index (κ3) is 4.95. The van der Waals surface area contributed by atoms with Crippen molar-refractivity contribution in [3.05, 3.63) is 104 Å². The molecule has 1 atom stereocenters. The minimum absolute atomic E-state index is 0.0587. The molecule has 0 saturated carbocycles. The van der Waals surface area contributed by atoms with Crippen LogP contribution in [0.5, 0.6) is 0 Å². The molecule has 0 aliphatic rings. The van der Waals surface area contributed by atoms with Gasteiger partial charge in [-0.25, -0.2) is 9.48 Å². The average molecular weight is 496 g/mol. The number of esters is 1. The van der Waals surface area contributed by atoms with Gasteiger partial charge in [-0.05, 0) is 31.2 Å². The summed E-state index contributed by atoms with van der Waals surface area (Å²) in [5.74, 6) is -1.45. The Bertz CT molecular complexity index is 1420. The average Bonchev–Trinajstić information content (AvgIpc) is 2.82. The number of anilines is 1. The van der Waals surface area contributed by atoms with Crippen LogP contribution in [0, 0.1) is 0 Å². The predicted octanol–water partition coefficient (Wildman–Crippen LogP) is 5.26. The zero-order chi connectivity index (χ0) is 24.2. The second-order valence-electron chi connectivity index (χ2n) is 7.36. The SMILES string of the molecule is CCn1nc(C(=O)O[C@@H](C(=O)Nc2cc(Cl)cc(Cl)c2)c2ccccc2)c2ccccc2c1=O. The van der Waals surface area contributed by atoms with Crippen LogP contribution in [0.15, 0.2) is 77.6 Å². The Hall–Kier alpha value is -3.68. The first-order valence-corrected chi connectivity index (χ1v) is 11.2. The van der Waals surface area contributed by atoms with Gasteiger partial charge in [0.05, 0.1) is 5.39 Å². The number of nitrogens with zero attached hydrogens (tertiary/aromatic N) is 2. The molecular weight excluding hydrogens is 477 g/mol. The summed E-state index contributed by atoms with van der Waals surface area (Å²) in [4.78, 5) is 39.1. The Kier molecular flexibility index (Phi) is 6.95. The molecule has 1 heterocycles. The fourth-order valence-corrected chi connectivity index (χ4v) is 4.02. The number of hydrogen-bond acceptors (Lipinski definition) is 5. The number of nitrogens with one attached hydrogen (secondary N) is 1. The Morgan fingerprint density at radius 2 is 1.59 bits per heavy atom. The standard InChI is InChI=1S/C25H19Cl2N3O4/c1-2-30-24(32)20-11-7-6-10-19(20)21(29-30)25(33)34-22(15-8-4-3-5-9-15)23(31)28-18-13-16(26)12-17(27)14-18/h3-14,22H,2H2,1H3,(H,28,31)/t22-/m1/s1. The lowest BCUT2D eigenvalue weighted by molar-refractivity contribution is -0.125. The number of carbonyl (C=O) groups is 2. The van der Waals surface area contributed by atoms with Crippen molar-refractivity contribution in [2.75, 3.05) is 5.32 Å². The van der Waals surface area contributed by atoms with Crippen molar-refractivity contribution in [2.45, 2.75) is 19.6 Å². The van der Waals surface area contributed by atoms with Crippen LogP contribution in [0.4, 0.5) is 5.69 Å². The normalized spacial score (nSPS) is 11.7. The molecule has 0 aliphatic carbocycles. The monoisotopic (exact) mass is 495 g/mol. The van der Waals surface area contributed by atoms with Crippen molar-refractivity contribution >= 4 is 51.5 Å². The maximum absolute atomic E-state index is 13.3. The van der Waals surface area contributed by atoms with Crippen LogP contribution in [-0.2, 0) is 16.1 Å². The zero-order valence-electron chi connectivity index (χ0n) is 18.0. The van der Waals surface area contributed by atoms with Gasteiger partial charge in [0.15, 0.2) is 5.69 Å². The summed E-state index contributed by atoms with van der Waals surface area (Å²) in [5, 5.41) is 8.24. The molecule has 0 bridgehead atoms. The molecule has 1 aromatic heterocycles. The summed E-state index contributed by atoms with van der Waals surface area (Å²) in [6.07, 6.45) is -1.30. The van der Waals surface area contributed by atoms with E-state index < -0.39 is 18.0 Å². The number of hydrogen-bond donors (Lipinski definition) is 1. The largest absolute Gasteiger partial charge is 0.442 e. The molecule has 0 fully saturated rings. The van der Waals surface area contributed by atoms with Crippen LogP contribution in [-0.4, -0.2) is 21.7 Å². The molecule has 4 aromatic rings. The van der Waals surface area contributed by atoms with Crippen LogP contribution in [0.1, 0.15) is 29.1 Å². The van der Waals surface area contributed by atoms with Crippen molar-refractivity contribution in [3.8, 4) is 0 Å². The van der Waals surface area contributed by atoms with Gasteiger partial charge in [-0.2, -0.15) is 5.10 Å². The Morgan fingerprint density at radius 1 is 0.971 bits per heavy atom. The summed E-state index contributed by atoms with van der Waals surface area (Å²) in [5.41, 5.74) is 0.429. The molecule has 34 heavy (non-hydrogen) atoms. The third-order valence-corrected chi connectivity index (χ3v) is 5.49. The highest BCUT2D eigenvalue weighted by Gasteiger charge is 2.28. The van der Waals surface area contributed by atoms with Gasteiger partial charge in [0.1, 0.15) is 0 Å². The van der Waals surface area contributed by atoms with Gasteiger partial charge >= 0.3 is 5.97 Å². The van der Waals surface area contributed by atoms with Crippen molar-refractivity contribution in [3.63, 3.8) is 0 Å². The van der Waals surface area contributed by atoms with Crippen molar-refractivity contribution in [2.24, 2.45) is 0 Å². The van der Waals surface area contributed by atoms with E-state index in [1.54, 1.807) is 61.5 Å². The first-order chi connectivity index (χ1) is 16.4. The molecule has 0 unspecified atom stereocenters. The van der Waals surface area contributed by atoms with Crippen molar-refractivity contribution in [1.82, 2.24) is 9.78 Å². The van der Waals surface area contributed by atoms with Crippen LogP contribution < -0.4 is 10.9 Å². The number of aromatic nitrogens is 2. The third-order valence-electron chi connectivity index (χ3n) is 5.06. The second-order valence-corrected chi connectivity index (χ2v) is 8.23. The first-order valence-electron chi connectivity index (χ1n) is 10.4. The summed E-state index contributed by atoms with van der Waals surface area (Å²) in [7, 11) is 0. The molecule has 0 saturated heterocycles. The maximum atomic E-state index is 13.3. The molecule has 1 N–H and O–H groups in total. The van der Waals surface area contributed by atoms with Gasteiger partial charge < -0.3 is 10.1 Å². The number of fused-ring (bicyclic) bond motifs is 1. The molecule has 9 heteroatoms. The minimum Gasteiger partial charge on any atom is -0.442 e. The fraction of sp³-hybridized carbons (Fsp3) is 0.120. The summed E-state index contributed by atoms with van der Waals surface area (Å²) in [6.45, 7) is 2.01. The highest BCUT2D eigenvalue weighted by molar-refractivity contribution is 6.35. The van der Waals surface area contributed by atoms with Gasteiger partial charge in [0.25, 0.3) is 11.5 Å². The highest BCUT2D eigenvalue weighted by atomic mass is 35.5. The van der Waals surface area contributed by atoms with E-state index in [-0.39, 0.29) is 17.8 Å². The van der Waals surface area contributed by atoms with E-state index in [4.69, 9.17) is 27.9 Å². The molecule has 7 nitrogen and oxygen atoms in total. The first kappa shape index (κ1) is 23.5. The maximum Gasteiger partial charge on any atom is 0.360 e. The molecule has 1 amide bonds. The van der Waals surface area contributed by atoms with E-state index in [0.29, 0.717) is 32.1 Å². The van der Waals surface area contributed by atoms with Gasteiger partial charge in [-0.3, -0.25) is 9.59 Å². The lowest BCUT2D eigenvalue weighted by atomic mass is 10.1. The quantitative estimate of drug-likeness (QED) is 0.368. The number of ether oxygens (including phenoxy) is 1. The number of aryl methyl sites for hydroxylation is 1. The zero-order valence-corrected chi connectivity index (χ0v) is 19.5. The van der Waals surface area contributed by atoms with E-state index in [9.17, 15) is 14.4 Å². The van der Waals surface area contributed by atoms with Gasteiger partial charge in [0.2, 0.25) is 6.10 Å².